The molecule has 3 aromatic rings. The predicted octanol–water partition coefficient (Wildman–Crippen LogP) is 3.71. The fourth-order valence-electron chi connectivity index (χ4n) is 2.16. The zero-order chi connectivity index (χ0) is 14.1. The molecule has 0 atom stereocenters. The molecule has 0 saturated carbocycles. The Labute approximate surface area is 125 Å². The maximum absolute atomic E-state index is 4.47. The molecule has 4 nitrogen and oxygen atoms in total. The summed E-state index contributed by atoms with van der Waals surface area (Å²) in [4.78, 5) is 4.47. The highest BCUT2D eigenvalue weighted by Gasteiger charge is 2.15. The highest BCUT2D eigenvalue weighted by atomic mass is 79.9. The molecule has 0 bridgehead atoms. The molecule has 5 heteroatoms. The van der Waals surface area contributed by atoms with Crippen molar-refractivity contribution in [3.63, 3.8) is 0 Å². The van der Waals surface area contributed by atoms with E-state index in [1.54, 1.807) is 0 Å². The summed E-state index contributed by atoms with van der Waals surface area (Å²) in [6.45, 7) is 4.02. The van der Waals surface area contributed by atoms with Crippen LogP contribution >= 0.6 is 15.9 Å². The molecule has 0 fully saturated rings. The second-order valence-corrected chi connectivity index (χ2v) is 5.35. The molecule has 20 heavy (non-hydrogen) atoms. The number of hydrogen-bond acceptors (Lipinski definition) is 3. The number of hydrogen-bond donors (Lipinski definition) is 0. The van der Waals surface area contributed by atoms with Crippen LogP contribution in [0.25, 0.3) is 17.2 Å². The van der Waals surface area contributed by atoms with E-state index < -0.39 is 0 Å². The van der Waals surface area contributed by atoms with Crippen LogP contribution in [0.5, 0.6) is 0 Å². The van der Waals surface area contributed by atoms with E-state index in [-0.39, 0.29) is 0 Å². The first-order valence-electron chi connectivity index (χ1n) is 6.28. The van der Waals surface area contributed by atoms with Crippen molar-refractivity contribution in [3.8, 4) is 17.2 Å². The van der Waals surface area contributed by atoms with Crippen LogP contribution in [0, 0.1) is 13.8 Å². The summed E-state index contributed by atoms with van der Waals surface area (Å²) >= 11 is 3.39. The number of aryl methyl sites for hydroxylation is 2. The van der Waals surface area contributed by atoms with Crippen LogP contribution in [0.3, 0.4) is 0 Å². The molecular formula is C15H13BrN4. The maximum atomic E-state index is 4.47. The monoisotopic (exact) mass is 328 g/mol. The van der Waals surface area contributed by atoms with Gasteiger partial charge >= 0.3 is 0 Å². The number of aromatic nitrogens is 4. The smallest absolute Gasteiger partial charge is 0.187 e. The highest BCUT2D eigenvalue weighted by molar-refractivity contribution is 9.10. The Morgan fingerprint density at radius 3 is 2.50 bits per heavy atom. The van der Waals surface area contributed by atoms with Gasteiger partial charge in [-0.1, -0.05) is 24.3 Å². The van der Waals surface area contributed by atoms with Gasteiger partial charge in [0.1, 0.15) is 16.1 Å². The minimum absolute atomic E-state index is 0.748. The summed E-state index contributed by atoms with van der Waals surface area (Å²) in [5.74, 6) is 1.59. The molecule has 0 N–H and O–H groups in total. The Kier molecular flexibility index (Phi) is 3.36. The predicted molar refractivity (Wildman–Crippen MR) is 81.8 cm³/mol. The fourth-order valence-corrected chi connectivity index (χ4v) is 2.51. The first kappa shape index (κ1) is 13.0. The molecule has 0 aliphatic carbocycles. The second-order valence-electron chi connectivity index (χ2n) is 4.54. The van der Waals surface area contributed by atoms with E-state index in [9.17, 15) is 0 Å². The SMILES string of the molecule is Cc1ccccc1-n1c(C)nnc1-c1cccc(Br)n1. The Bertz CT molecular complexity index is 764. The van der Waals surface area contributed by atoms with Crippen LogP contribution in [0.1, 0.15) is 11.4 Å². The zero-order valence-electron chi connectivity index (χ0n) is 11.2. The third-order valence-corrected chi connectivity index (χ3v) is 3.57. The number of nitrogens with zero attached hydrogens (tertiary/aromatic N) is 4. The Hall–Kier alpha value is -2.01. The number of para-hydroxylation sites is 1. The van der Waals surface area contributed by atoms with Crippen LogP contribution in [0.15, 0.2) is 47.1 Å². The molecule has 0 spiro atoms. The summed E-state index contributed by atoms with van der Waals surface area (Å²) in [5, 5.41) is 8.47. The van der Waals surface area contributed by atoms with E-state index in [0.717, 1.165) is 27.6 Å². The van der Waals surface area contributed by atoms with Crippen LogP contribution < -0.4 is 0 Å². The summed E-state index contributed by atoms with van der Waals surface area (Å²) in [7, 11) is 0. The number of rotatable bonds is 2. The van der Waals surface area contributed by atoms with E-state index in [4.69, 9.17) is 0 Å². The molecule has 0 radical (unpaired) electrons. The van der Waals surface area contributed by atoms with Crippen molar-refractivity contribution in [2.75, 3.05) is 0 Å². The Balaban J connectivity index is 2.23. The normalized spacial score (nSPS) is 10.8. The molecule has 1 aromatic carbocycles. The minimum Gasteiger partial charge on any atom is -0.278 e. The lowest BCUT2D eigenvalue weighted by Gasteiger charge is -2.11. The lowest BCUT2D eigenvalue weighted by molar-refractivity contribution is 0.961. The molecule has 0 aliphatic heterocycles. The van der Waals surface area contributed by atoms with Gasteiger partial charge in [-0.3, -0.25) is 4.57 Å². The maximum Gasteiger partial charge on any atom is 0.187 e. The van der Waals surface area contributed by atoms with Crippen LogP contribution in [0.2, 0.25) is 0 Å². The van der Waals surface area contributed by atoms with E-state index >= 15 is 0 Å². The van der Waals surface area contributed by atoms with Crippen molar-refractivity contribution in [3.05, 3.63) is 58.5 Å². The number of benzene rings is 1. The Morgan fingerprint density at radius 1 is 0.950 bits per heavy atom. The molecule has 2 heterocycles. The zero-order valence-corrected chi connectivity index (χ0v) is 12.8. The molecule has 3 rings (SSSR count). The molecule has 0 saturated heterocycles. The van der Waals surface area contributed by atoms with Crippen molar-refractivity contribution >= 4 is 15.9 Å². The third kappa shape index (κ3) is 2.25. The highest BCUT2D eigenvalue weighted by Crippen LogP contribution is 2.24. The second kappa shape index (κ2) is 5.17. The van der Waals surface area contributed by atoms with Gasteiger partial charge in [0.15, 0.2) is 5.82 Å². The van der Waals surface area contributed by atoms with Crippen molar-refractivity contribution in [2.45, 2.75) is 13.8 Å². The quantitative estimate of drug-likeness (QED) is 0.673. The van der Waals surface area contributed by atoms with Gasteiger partial charge in [-0.15, -0.1) is 10.2 Å². The van der Waals surface area contributed by atoms with Gasteiger partial charge in [0.05, 0.1) is 5.69 Å². The molecular weight excluding hydrogens is 316 g/mol. The molecule has 0 amide bonds. The summed E-state index contributed by atoms with van der Waals surface area (Å²) < 4.78 is 2.82. The lowest BCUT2D eigenvalue weighted by Crippen LogP contribution is -2.02. The summed E-state index contributed by atoms with van der Waals surface area (Å²) in [6, 6.07) is 13.9. The van der Waals surface area contributed by atoms with Gasteiger partial charge in [0.25, 0.3) is 0 Å². The van der Waals surface area contributed by atoms with E-state index in [1.807, 2.05) is 41.8 Å². The number of halogens is 1. The first-order valence-corrected chi connectivity index (χ1v) is 7.07. The van der Waals surface area contributed by atoms with Crippen molar-refractivity contribution in [2.24, 2.45) is 0 Å². The van der Waals surface area contributed by atoms with E-state index in [0.29, 0.717) is 0 Å². The van der Waals surface area contributed by atoms with E-state index in [2.05, 4.69) is 50.2 Å². The van der Waals surface area contributed by atoms with Crippen LogP contribution in [0.4, 0.5) is 0 Å². The van der Waals surface area contributed by atoms with Gasteiger partial charge in [-0.2, -0.15) is 0 Å². The third-order valence-electron chi connectivity index (χ3n) is 3.13. The standard InChI is InChI=1S/C15H13BrN4/c1-10-6-3-4-8-13(10)20-11(2)18-19-15(20)12-7-5-9-14(16)17-12/h3-9H,1-2H3. The van der Waals surface area contributed by atoms with Crippen molar-refractivity contribution < 1.29 is 0 Å². The largest absolute Gasteiger partial charge is 0.278 e. The van der Waals surface area contributed by atoms with Gasteiger partial charge in [0, 0.05) is 0 Å². The molecule has 2 aromatic heterocycles. The van der Waals surface area contributed by atoms with Gasteiger partial charge in [-0.05, 0) is 53.5 Å². The van der Waals surface area contributed by atoms with Crippen LogP contribution in [-0.2, 0) is 0 Å². The summed E-state index contributed by atoms with van der Waals surface area (Å²) in [5.41, 5.74) is 3.04. The van der Waals surface area contributed by atoms with E-state index in [1.165, 1.54) is 5.56 Å². The molecule has 100 valence electrons. The molecule has 0 unspecified atom stereocenters. The molecule has 0 aliphatic rings. The van der Waals surface area contributed by atoms with Gasteiger partial charge in [-0.25, -0.2) is 4.98 Å². The van der Waals surface area contributed by atoms with Crippen molar-refractivity contribution in [1.82, 2.24) is 19.7 Å². The van der Waals surface area contributed by atoms with Gasteiger partial charge < -0.3 is 0 Å². The lowest BCUT2D eigenvalue weighted by atomic mass is 10.2. The van der Waals surface area contributed by atoms with Crippen LogP contribution in [-0.4, -0.2) is 19.7 Å². The topological polar surface area (TPSA) is 43.6 Å². The van der Waals surface area contributed by atoms with Crippen molar-refractivity contribution in [1.29, 1.82) is 0 Å². The van der Waals surface area contributed by atoms with Gasteiger partial charge in [0.2, 0.25) is 0 Å². The first-order chi connectivity index (χ1) is 9.66. The average Bonchev–Trinajstić information content (AvgIpc) is 2.81. The minimum atomic E-state index is 0.748. The Morgan fingerprint density at radius 2 is 1.75 bits per heavy atom. The average molecular weight is 329 g/mol. The fraction of sp³-hybridized carbons (Fsp3) is 0.133. The number of pyridine rings is 1. The summed E-state index contributed by atoms with van der Waals surface area (Å²) in [6.07, 6.45) is 0.